The van der Waals surface area contributed by atoms with Gasteiger partial charge < -0.3 is 19.9 Å². The quantitative estimate of drug-likeness (QED) is 0.729. The Morgan fingerprint density at radius 2 is 1.72 bits per heavy atom. The normalized spacial score (nSPS) is 15.0. The molecule has 0 aliphatic carbocycles. The van der Waals surface area contributed by atoms with Gasteiger partial charge in [-0.2, -0.15) is 0 Å². The van der Waals surface area contributed by atoms with Crippen LogP contribution in [0.1, 0.15) is 61.9 Å². The molecule has 1 saturated heterocycles. The van der Waals surface area contributed by atoms with Crippen LogP contribution < -0.4 is 10.2 Å². The van der Waals surface area contributed by atoms with Crippen molar-refractivity contribution in [3.8, 4) is 0 Å². The number of aromatic nitrogens is 2. The van der Waals surface area contributed by atoms with Gasteiger partial charge in [0.05, 0.1) is 22.6 Å². The zero-order valence-corrected chi connectivity index (χ0v) is 20.8. The number of amides is 2. The van der Waals surface area contributed by atoms with Gasteiger partial charge in [-0.05, 0) is 39.8 Å². The molecule has 1 aliphatic heterocycles. The average Bonchev–Trinajstić information content (AvgIpc) is 3.10. The molecule has 0 bridgehead atoms. The van der Waals surface area contributed by atoms with E-state index in [2.05, 4.69) is 41.0 Å². The molecule has 1 aliphatic rings. The molecule has 1 fully saturated rings. The van der Waals surface area contributed by atoms with E-state index < -0.39 is 5.60 Å². The van der Waals surface area contributed by atoms with Gasteiger partial charge in [-0.15, -0.1) is 11.3 Å². The molecule has 2 amide bonds. The topological polar surface area (TPSA) is 87.7 Å². The molecule has 9 heteroatoms. The Kier molecular flexibility index (Phi) is 6.78. The molecule has 3 rings (SSSR count). The molecule has 0 saturated carbocycles. The van der Waals surface area contributed by atoms with Crippen molar-refractivity contribution in [2.24, 2.45) is 0 Å². The minimum Gasteiger partial charge on any atom is -0.444 e. The molecule has 174 valence electrons. The minimum atomic E-state index is -0.496. The number of piperazine rings is 1. The summed E-state index contributed by atoms with van der Waals surface area (Å²) >= 11 is 1.42. The summed E-state index contributed by atoms with van der Waals surface area (Å²) in [5.74, 6) is 0.304. The molecule has 0 atom stereocenters. The number of carbonyl (C=O) groups excluding carboxylic acids is 2. The number of thiazole rings is 1. The highest BCUT2D eigenvalue weighted by atomic mass is 32.1. The molecule has 3 heterocycles. The largest absolute Gasteiger partial charge is 0.444 e. The molecule has 1 N–H and O–H groups in total. The number of rotatable bonds is 3. The highest BCUT2D eigenvalue weighted by molar-refractivity contribution is 7.14. The zero-order chi connectivity index (χ0) is 23.7. The van der Waals surface area contributed by atoms with Crippen LogP contribution in [0.15, 0.2) is 18.3 Å². The SMILES string of the molecule is Cc1nc(C(C)(C)C)sc1C(=O)Nc1ccc(N2CCN(C(=O)OC(C)(C)C)CC2)cn1. The number of pyridine rings is 1. The van der Waals surface area contributed by atoms with Crippen molar-refractivity contribution in [2.45, 2.75) is 59.5 Å². The van der Waals surface area contributed by atoms with Crippen molar-refractivity contribution in [1.29, 1.82) is 0 Å². The van der Waals surface area contributed by atoms with Gasteiger partial charge in [-0.1, -0.05) is 20.8 Å². The molecular formula is C23H33N5O3S. The molecule has 0 spiro atoms. The Morgan fingerprint density at radius 1 is 1.06 bits per heavy atom. The average molecular weight is 460 g/mol. The third-order valence-electron chi connectivity index (χ3n) is 4.93. The van der Waals surface area contributed by atoms with E-state index in [1.807, 2.05) is 33.8 Å². The minimum absolute atomic E-state index is 0.0959. The Morgan fingerprint density at radius 3 is 2.22 bits per heavy atom. The number of anilines is 2. The van der Waals surface area contributed by atoms with Gasteiger partial charge in [-0.3, -0.25) is 4.79 Å². The van der Waals surface area contributed by atoms with E-state index in [1.165, 1.54) is 11.3 Å². The summed E-state index contributed by atoms with van der Waals surface area (Å²) in [6.45, 7) is 16.3. The number of aryl methyl sites for hydroxylation is 1. The van der Waals surface area contributed by atoms with E-state index in [1.54, 1.807) is 17.2 Å². The summed E-state index contributed by atoms with van der Waals surface area (Å²) in [7, 11) is 0. The number of nitrogens with one attached hydrogen (secondary N) is 1. The van der Waals surface area contributed by atoms with Crippen LogP contribution in [0.25, 0.3) is 0 Å². The summed E-state index contributed by atoms with van der Waals surface area (Å²) in [5, 5.41) is 3.81. The van der Waals surface area contributed by atoms with E-state index in [0.29, 0.717) is 36.9 Å². The summed E-state index contributed by atoms with van der Waals surface area (Å²) in [6.07, 6.45) is 1.47. The van der Waals surface area contributed by atoms with Crippen LogP contribution >= 0.6 is 11.3 Å². The van der Waals surface area contributed by atoms with E-state index in [4.69, 9.17) is 4.74 Å². The fraction of sp³-hybridized carbons (Fsp3) is 0.565. The van der Waals surface area contributed by atoms with Crippen molar-refractivity contribution < 1.29 is 14.3 Å². The van der Waals surface area contributed by atoms with Crippen LogP contribution in [0.2, 0.25) is 0 Å². The van der Waals surface area contributed by atoms with Crippen LogP contribution in [0.5, 0.6) is 0 Å². The first-order chi connectivity index (χ1) is 14.8. The molecule has 2 aromatic rings. The van der Waals surface area contributed by atoms with E-state index in [9.17, 15) is 9.59 Å². The number of hydrogen-bond acceptors (Lipinski definition) is 7. The third-order valence-corrected chi connectivity index (χ3v) is 6.51. The lowest BCUT2D eigenvalue weighted by molar-refractivity contribution is 0.0240. The van der Waals surface area contributed by atoms with E-state index in [0.717, 1.165) is 16.4 Å². The second-order valence-electron chi connectivity index (χ2n) is 9.99. The fourth-order valence-corrected chi connectivity index (χ4v) is 4.24. The van der Waals surface area contributed by atoms with Gasteiger partial charge in [-0.25, -0.2) is 14.8 Å². The molecule has 32 heavy (non-hydrogen) atoms. The van der Waals surface area contributed by atoms with Crippen LogP contribution in [0, 0.1) is 6.92 Å². The Hall–Kier alpha value is -2.68. The van der Waals surface area contributed by atoms with Crippen molar-refractivity contribution in [3.05, 3.63) is 33.9 Å². The van der Waals surface area contributed by atoms with Gasteiger partial charge in [0, 0.05) is 31.6 Å². The van der Waals surface area contributed by atoms with Gasteiger partial charge >= 0.3 is 6.09 Å². The second kappa shape index (κ2) is 9.05. The van der Waals surface area contributed by atoms with Gasteiger partial charge in [0.15, 0.2) is 0 Å². The van der Waals surface area contributed by atoms with Gasteiger partial charge in [0.1, 0.15) is 16.3 Å². The lowest BCUT2D eigenvalue weighted by Crippen LogP contribution is -2.50. The van der Waals surface area contributed by atoms with Gasteiger partial charge in [0.2, 0.25) is 0 Å². The zero-order valence-electron chi connectivity index (χ0n) is 20.0. The summed E-state index contributed by atoms with van der Waals surface area (Å²) in [6, 6.07) is 3.74. The third kappa shape index (κ3) is 5.97. The lowest BCUT2D eigenvalue weighted by atomic mass is 9.98. The monoisotopic (exact) mass is 459 g/mol. The highest BCUT2D eigenvalue weighted by Gasteiger charge is 2.26. The fourth-order valence-electron chi connectivity index (χ4n) is 3.22. The highest BCUT2D eigenvalue weighted by Crippen LogP contribution is 2.29. The predicted octanol–water partition coefficient (Wildman–Crippen LogP) is 4.45. The molecule has 2 aromatic heterocycles. The van der Waals surface area contributed by atoms with E-state index >= 15 is 0 Å². The molecule has 0 radical (unpaired) electrons. The first kappa shape index (κ1) is 24.0. The number of carbonyl (C=O) groups is 2. The second-order valence-corrected chi connectivity index (χ2v) is 11.0. The van der Waals surface area contributed by atoms with Crippen molar-refractivity contribution >= 4 is 34.8 Å². The lowest BCUT2D eigenvalue weighted by Gasteiger charge is -2.36. The van der Waals surface area contributed by atoms with E-state index in [-0.39, 0.29) is 17.4 Å². The smallest absolute Gasteiger partial charge is 0.410 e. The van der Waals surface area contributed by atoms with Crippen molar-refractivity contribution in [3.63, 3.8) is 0 Å². The number of ether oxygens (including phenoxy) is 1. The van der Waals surface area contributed by atoms with Crippen molar-refractivity contribution in [2.75, 3.05) is 36.4 Å². The number of hydrogen-bond donors (Lipinski definition) is 1. The molecular weight excluding hydrogens is 426 g/mol. The first-order valence-electron chi connectivity index (χ1n) is 10.8. The summed E-state index contributed by atoms with van der Waals surface area (Å²) < 4.78 is 5.45. The van der Waals surface area contributed by atoms with Gasteiger partial charge in [0.25, 0.3) is 5.91 Å². The number of nitrogens with zero attached hydrogens (tertiary/aromatic N) is 4. The molecule has 0 unspecified atom stereocenters. The van der Waals surface area contributed by atoms with Crippen LogP contribution in [0.4, 0.5) is 16.3 Å². The van der Waals surface area contributed by atoms with Crippen LogP contribution in [-0.2, 0) is 10.2 Å². The Labute approximate surface area is 194 Å². The first-order valence-corrected chi connectivity index (χ1v) is 11.6. The molecule has 0 aromatic carbocycles. The predicted molar refractivity (Wildman–Crippen MR) is 128 cm³/mol. The standard InChI is InChI=1S/C23H33N5O3S/c1-15-18(32-20(25-15)22(2,3)4)19(29)26-17-9-8-16(14-24-17)27-10-12-28(13-11-27)21(30)31-23(5,6)7/h8-9,14H,10-13H2,1-7H3,(H,24,26,29). The maximum Gasteiger partial charge on any atom is 0.410 e. The van der Waals surface area contributed by atoms with Crippen LogP contribution in [-0.4, -0.2) is 58.6 Å². The van der Waals surface area contributed by atoms with Crippen molar-refractivity contribution in [1.82, 2.24) is 14.9 Å². The molecule has 8 nitrogen and oxygen atoms in total. The maximum atomic E-state index is 12.7. The summed E-state index contributed by atoms with van der Waals surface area (Å²) in [4.78, 5) is 38.4. The summed E-state index contributed by atoms with van der Waals surface area (Å²) in [5.41, 5.74) is 1.10. The van der Waals surface area contributed by atoms with Crippen LogP contribution in [0.3, 0.4) is 0 Å². The Balaban J connectivity index is 1.58. The maximum absolute atomic E-state index is 12.7. The Bertz CT molecular complexity index is 965.